The highest BCUT2D eigenvalue weighted by atomic mass is 32.2. The number of carbonyl (C=O) groups excluding carboxylic acids is 1. The van der Waals surface area contributed by atoms with Crippen molar-refractivity contribution in [1.29, 1.82) is 0 Å². The van der Waals surface area contributed by atoms with Gasteiger partial charge in [0.15, 0.2) is 5.11 Å². The summed E-state index contributed by atoms with van der Waals surface area (Å²) in [6.45, 7) is 0. The van der Waals surface area contributed by atoms with Crippen LogP contribution >= 0.6 is 24.0 Å². The lowest BCUT2D eigenvalue weighted by Gasteiger charge is -2.25. The number of fused-ring (bicyclic) bond motifs is 1. The highest BCUT2D eigenvalue weighted by Gasteiger charge is 2.50. The van der Waals surface area contributed by atoms with Crippen LogP contribution in [0.2, 0.25) is 0 Å². The summed E-state index contributed by atoms with van der Waals surface area (Å²) < 4.78 is 5.22. The van der Waals surface area contributed by atoms with Crippen molar-refractivity contribution in [3.63, 3.8) is 0 Å². The van der Waals surface area contributed by atoms with Gasteiger partial charge in [0.2, 0.25) is 0 Å². The molecule has 2 aliphatic rings. The summed E-state index contributed by atoms with van der Waals surface area (Å²) in [6, 6.07) is 17.4. The van der Waals surface area contributed by atoms with Crippen molar-refractivity contribution >= 4 is 40.7 Å². The summed E-state index contributed by atoms with van der Waals surface area (Å²) >= 11 is 7.41. The number of rotatable bonds is 3. The molecule has 0 aromatic heterocycles. The van der Waals surface area contributed by atoms with Gasteiger partial charge in [0.05, 0.1) is 12.8 Å². The molecule has 6 heteroatoms. The number of nitrogens with zero attached hydrogens (tertiary/aromatic N) is 2. The van der Waals surface area contributed by atoms with E-state index in [-0.39, 0.29) is 17.3 Å². The van der Waals surface area contributed by atoms with Gasteiger partial charge in [-0.05, 0) is 42.0 Å². The molecular weight excluding hydrogens is 340 g/mol. The first-order chi connectivity index (χ1) is 11.7. The number of hydrogen-bond acceptors (Lipinski definition) is 4. The number of ether oxygens (including phenoxy) is 1. The van der Waals surface area contributed by atoms with Gasteiger partial charge in [-0.2, -0.15) is 0 Å². The van der Waals surface area contributed by atoms with Gasteiger partial charge in [0, 0.05) is 5.75 Å². The fraction of sp³-hybridized carbons (Fsp3) is 0.222. The topological polar surface area (TPSA) is 32.8 Å². The molecule has 24 heavy (non-hydrogen) atoms. The highest BCUT2D eigenvalue weighted by molar-refractivity contribution is 7.99. The zero-order chi connectivity index (χ0) is 16.7. The van der Waals surface area contributed by atoms with Gasteiger partial charge in [0.1, 0.15) is 17.2 Å². The molecule has 2 aromatic carbocycles. The van der Waals surface area contributed by atoms with E-state index in [1.807, 2.05) is 54.6 Å². The Morgan fingerprint density at radius 2 is 1.83 bits per heavy atom. The molecule has 122 valence electrons. The number of thioether (sulfide) groups is 1. The summed E-state index contributed by atoms with van der Waals surface area (Å²) in [5.74, 6) is 1.64. The summed E-state index contributed by atoms with van der Waals surface area (Å²) in [5.41, 5.74) is 1.97. The fourth-order valence-corrected chi connectivity index (χ4v) is 5.05. The predicted octanol–water partition coefficient (Wildman–Crippen LogP) is 3.44. The van der Waals surface area contributed by atoms with Gasteiger partial charge in [-0.1, -0.05) is 30.3 Å². The fourth-order valence-electron chi connectivity index (χ4n) is 3.13. The van der Waals surface area contributed by atoms with Crippen LogP contribution in [0.3, 0.4) is 0 Å². The minimum atomic E-state index is -0.185. The van der Waals surface area contributed by atoms with Crippen molar-refractivity contribution in [2.45, 2.75) is 11.4 Å². The van der Waals surface area contributed by atoms with Crippen molar-refractivity contribution < 1.29 is 9.53 Å². The minimum absolute atomic E-state index is 0.0612. The Hall–Kier alpha value is -2.05. The van der Waals surface area contributed by atoms with Gasteiger partial charge < -0.3 is 9.64 Å². The van der Waals surface area contributed by atoms with E-state index >= 15 is 0 Å². The molecular formula is C18H16N2O2S2. The molecule has 4 nitrogen and oxygen atoms in total. The quantitative estimate of drug-likeness (QED) is 0.787. The summed E-state index contributed by atoms with van der Waals surface area (Å²) in [5, 5.41) is 0.646. The Morgan fingerprint density at radius 3 is 2.50 bits per heavy atom. The second kappa shape index (κ2) is 6.11. The smallest absolute Gasteiger partial charge is 0.257 e. The molecule has 4 rings (SSSR count). The van der Waals surface area contributed by atoms with Crippen molar-refractivity contribution in [2.75, 3.05) is 17.8 Å². The largest absolute Gasteiger partial charge is 0.497 e. The average Bonchev–Trinajstić information content (AvgIpc) is 3.17. The lowest BCUT2D eigenvalue weighted by Crippen LogP contribution is -2.33. The Kier molecular flexibility index (Phi) is 3.94. The molecule has 2 aromatic rings. The third-order valence-electron chi connectivity index (χ3n) is 4.33. The van der Waals surface area contributed by atoms with E-state index in [4.69, 9.17) is 17.0 Å². The Morgan fingerprint density at radius 1 is 1.12 bits per heavy atom. The molecule has 0 saturated carbocycles. The van der Waals surface area contributed by atoms with Crippen molar-refractivity contribution in [1.82, 2.24) is 4.90 Å². The number of thiocarbonyl (C=S) groups is 1. The molecule has 2 heterocycles. The van der Waals surface area contributed by atoms with E-state index in [1.54, 1.807) is 23.8 Å². The van der Waals surface area contributed by atoms with Crippen LogP contribution in [-0.2, 0) is 4.79 Å². The Bertz CT molecular complexity index is 779. The van der Waals surface area contributed by atoms with E-state index in [9.17, 15) is 4.79 Å². The molecule has 2 saturated heterocycles. The number of hydrogen-bond donors (Lipinski definition) is 0. The van der Waals surface area contributed by atoms with Crippen molar-refractivity contribution in [2.24, 2.45) is 0 Å². The monoisotopic (exact) mass is 356 g/mol. The highest BCUT2D eigenvalue weighted by Crippen LogP contribution is 2.46. The molecule has 2 fully saturated rings. The molecule has 1 amide bonds. The molecule has 0 N–H and O–H groups in total. The van der Waals surface area contributed by atoms with E-state index in [1.165, 1.54) is 0 Å². The molecule has 0 radical (unpaired) electrons. The number of para-hydroxylation sites is 1. The predicted molar refractivity (Wildman–Crippen MR) is 100 cm³/mol. The number of anilines is 1. The molecule has 0 bridgehead atoms. The second-order valence-corrected chi connectivity index (χ2v) is 7.15. The van der Waals surface area contributed by atoms with Crippen LogP contribution in [0.4, 0.5) is 5.69 Å². The van der Waals surface area contributed by atoms with Gasteiger partial charge >= 0.3 is 0 Å². The minimum Gasteiger partial charge on any atom is -0.497 e. The van der Waals surface area contributed by atoms with E-state index in [0.717, 1.165) is 22.8 Å². The molecule has 2 aliphatic heterocycles. The maximum atomic E-state index is 12.8. The zero-order valence-electron chi connectivity index (χ0n) is 13.1. The van der Waals surface area contributed by atoms with Crippen molar-refractivity contribution in [3.8, 4) is 5.75 Å². The molecule has 2 atom stereocenters. The maximum absolute atomic E-state index is 12.8. The number of benzene rings is 2. The van der Waals surface area contributed by atoms with Crippen molar-refractivity contribution in [3.05, 3.63) is 60.2 Å². The molecule has 0 spiro atoms. The maximum Gasteiger partial charge on any atom is 0.257 e. The lowest BCUT2D eigenvalue weighted by atomic mass is 10.2. The van der Waals surface area contributed by atoms with Crippen LogP contribution in [0.25, 0.3) is 0 Å². The zero-order valence-corrected chi connectivity index (χ0v) is 14.7. The van der Waals surface area contributed by atoms with Gasteiger partial charge in [0.25, 0.3) is 5.91 Å². The Balaban J connectivity index is 1.65. The van der Waals surface area contributed by atoms with E-state index in [0.29, 0.717) is 5.11 Å². The Labute approximate surface area is 150 Å². The second-order valence-electron chi connectivity index (χ2n) is 5.67. The number of carbonyl (C=O) groups is 1. The SMILES string of the molecule is COc1ccc([C@@H]2SC[C@H]3C(=O)N(c4ccccc4)C(=S)N32)cc1. The van der Waals surface area contributed by atoms with Crippen LogP contribution in [0.15, 0.2) is 54.6 Å². The van der Waals surface area contributed by atoms with Crippen LogP contribution in [0.5, 0.6) is 5.75 Å². The van der Waals surface area contributed by atoms with Gasteiger partial charge in [-0.25, -0.2) is 0 Å². The summed E-state index contributed by atoms with van der Waals surface area (Å²) in [6.07, 6.45) is 0. The summed E-state index contributed by atoms with van der Waals surface area (Å²) in [4.78, 5) is 16.6. The van der Waals surface area contributed by atoms with Crippen LogP contribution in [0.1, 0.15) is 10.9 Å². The first-order valence-electron chi connectivity index (χ1n) is 7.67. The standard InChI is InChI=1S/C18H16N2O2S2/c1-22-14-9-7-12(8-10-14)17-20-15(11-24-17)16(21)19(18(20)23)13-5-3-2-4-6-13/h2-10,15,17H,11H2,1H3/t15-,17-/m0/s1. The van der Waals surface area contributed by atoms with Crippen LogP contribution < -0.4 is 9.64 Å². The van der Waals surface area contributed by atoms with Crippen LogP contribution in [-0.4, -0.2) is 34.8 Å². The number of amides is 1. The normalized spacial score (nSPS) is 22.9. The average molecular weight is 356 g/mol. The molecule has 0 unspecified atom stereocenters. The van der Waals surface area contributed by atoms with Crippen LogP contribution in [0, 0.1) is 0 Å². The van der Waals surface area contributed by atoms with Gasteiger partial charge in [-0.3, -0.25) is 9.69 Å². The molecule has 0 aliphatic carbocycles. The van der Waals surface area contributed by atoms with Gasteiger partial charge in [-0.15, -0.1) is 11.8 Å². The lowest BCUT2D eigenvalue weighted by molar-refractivity contribution is -0.119. The van der Waals surface area contributed by atoms with E-state index in [2.05, 4.69) is 4.90 Å². The summed E-state index contributed by atoms with van der Waals surface area (Å²) in [7, 11) is 1.65. The number of methoxy groups -OCH3 is 1. The first kappa shape index (κ1) is 15.5. The third-order valence-corrected chi connectivity index (χ3v) is 6.05. The third kappa shape index (κ3) is 2.37. The van der Waals surface area contributed by atoms with E-state index < -0.39 is 0 Å². The first-order valence-corrected chi connectivity index (χ1v) is 9.13.